The quantitative estimate of drug-likeness (QED) is 0.0867. The Labute approximate surface area is 430 Å². The van der Waals surface area contributed by atoms with Gasteiger partial charge in [0.25, 0.3) is 6.43 Å². The highest BCUT2D eigenvalue weighted by molar-refractivity contribution is 7.89. The van der Waals surface area contributed by atoms with Crippen molar-refractivity contribution < 1.29 is 58.4 Å². The second kappa shape index (κ2) is 26.6. The molecular formula is C54H73F3N4O10S2. The van der Waals surface area contributed by atoms with Crippen LogP contribution < -0.4 is 37.9 Å². The minimum Gasteiger partial charge on any atom is -0.493 e. The van der Waals surface area contributed by atoms with Crippen LogP contribution >= 0.6 is 0 Å². The molecule has 2 aliphatic heterocycles. The summed E-state index contributed by atoms with van der Waals surface area (Å²) in [5.41, 5.74) is 2.19. The maximum atomic E-state index is 13.0. The van der Waals surface area contributed by atoms with E-state index in [0.29, 0.717) is 46.7 Å². The zero-order valence-electron chi connectivity index (χ0n) is 42.5. The van der Waals surface area contributed by atoms with E-state index in [1.807, 2.05) is 36.4 Å². The number of alkyl halides is 3. The maximum Gasteiger partial charge on any atom is 0.272 e. The van der Waals surface area contributed by atoms with E-state index in [1.54, 1.807) is 24.3 Å². The monoisotopic (exact) mass is 1060 g/mol. The molecule has 4 aromatic rings. The van der Waals surface area contributed by atoms with Crippen molar-refractivity contribution in [2.75, 3.05) is 74.5 Å². The molecular weight excluding hydrogens is 986 g/mol. The molecule has 2 saturated carbocycles. The largest absolute Gasteiger partial charge is 0.493 e. The molecule has 2 N–H and O–H groups in total. The highest BCUT2D eigenvalue weighted by Crippen LogP contribution is 2.39. The summed E-state index contributed by atoms with van der Waals surface area (Å²) in [5, 5.41) is 0. The molecule has 2 heterocycles. The van der Waals surface area contributed by atoms with E-state index in [0.717, 1.165) is 115 Å². The van der Waals surface area contributed by atoms with Crippen LogP contribution in [0.5, 0.6) is 34.5 Å². The number of para-hydroxylation sites is 2. The van der Waals surface area contributed by atoms with E-state index in [-0.39, 0.29) is 34.4 Å². The molecule has 4 aromatic carbocycles. The van der Waals surface area contributed by atoms with Gasteiger partial charge in [-0.1, -0.05) is 36.4 Å². The van der Waals surface area contributed by atoms with Crippen LogP contribution in [0.15, 0.2) is 94.7 Å². The number of likely N-dealkylation sites (tertiary alicyclic amines) is 2. The van der Waals surface area contributed by atoms with E-state index >= 15 is 0 Å². The van der Waals surface area contributed by atoms with Crippen molar-refractivity contribution in [1.29, 1.82) is 0 Å². The molecule has 14 nitrogen and oxygen atoms in total. The summed E-state index contributed by atoms with van der Waals surface area (Å²) in [7, 11) is -1.31. The van der Waals surface area contributed by atoms with Crippen LogP contribution in [0.25, 0.3) is 0 Å². The van der Waals surface area contributed by atoms with Gasteiger partial charge in [-0.15, -0.1) is 0 Å². The number of halogens is 3. The van der Waals surface area contributed by atoms with Crippen molar-refractivity contribution in [3.05, 3.63) is 96.1 Å². The van der Waals surface area contributed by atoms with Crippen molar-refractivity contribution in [2.45, 2.75) is 129 Å². The zero-order chi connectivity index (χ0) is 52.0. The van der Waals surface area contributed by atoms with Gasteiger partial charge in [-0.25, -0.2) is 39.5 Å². The summed E-state index contributed by atoms with van der Waals surface area (Å²) in [5.74, 6) is 3.81. The molecule has 4 aliphatic rings. The number of hydrogen-bond donors (Lipinski definition) is 2. The Morgan fingerprint density at radius 3 is 1.26 bits per heavy atom. The number of benzene rings is 4. The van der Waals surface area contributed by atoms with Crippen molar-refractivity contribution >= 4 is 20.0 Å². The number of piperidine rings is 2. The number of hydrogen-bond acceptors (Lipinski definition) is 12. The summed E-state index contributed by atoms with van der Waals surface area (Å²) >= 11 is 0. The summed E-state index contributed by atoms with van der Waals surface area (Å²) < 4.78 is 127. The standard InChI is InChI=1S/C27H36F2N2O5S.C27H37FN2O5S/c1-34-25-12-11-22(17-26(25)35-2)37(32,33)30-20-7-9-21(10-8-20)31-15-13-19(14-16-31)23-5-3-4-6-24(23)36-18-27(28)29;1-33-26-12-11-23(19-27(26)34-2)36(31,32)29-21-7-9-22(10-8-21)30-16-13-20(14-17-30)24-5-3-4-6-25(24)35-18-15-28/h3-6,11-12,17,19-21,27,30H,7-10,13-16,18H2,1-2H3;3-6,11-12,19-22,29H,7-10,13-18H2,1-2H3. The van der Waals surface area contributed by atoms with Crippen molar-refractivity contribution in [3.63, 3.8) is 0 Å². The van der Waals surface area contributed by atoms with Crippen molar-refractivity contribution in [3.8, 4) is 34.5 Å². The normalized spacial score (nSPS) is 21.7. The first-order valence-corrected chi connectivity index (χ1v) is 28.5. The van der Waals surface area contributed by atoms with Gasteiger partial charge in [0, 0.05) is 36.3 Å². The van der Waals surface area contributed by atoms with Gasteiger partial charge in [-0.05, 0) is 163 Å². The molecule has 19 heteroatoms. The molecule has 0 spiro atoms. The molecule has 0 unspecified atom stereocenters. The molecule has 2 aliphatic carbocycles. The van der Waals surface area contributed by atoms with Gasteiger partial charge in [0.05, 0.1) is 38.2 Å². The molecule has 0 bridgehead atoms. The van der Waals surface area contributed by atoms with Crippen molar-refractivity contribution in [1.82, 2.24) is 19.2 Å². The Balaban J connectivity index is 0.000000214. The topological polar surface area (TPSA) is 154 Å². The molecule has 0 radical (unpaired) electrons. The fourth-order valence-corrected chi connectivity index (χ4v) is 13.7. The number of rotatable bonds is 20. The Bertz CT molecular complexity index is 2580. The summed E-state index contributed by atoms with van der Waals surface area (Å²) in [6, 6.07) is 25.5. The van der Waals surface area contributed by atoms with Gasteiger partial charge in [0.2, 0.25) is 20.0 Å². The van der Waals surface area contributed by atoms with Crippen LogP contribution in [0.3, 0.4) is 0 Å². The van der Waals surface area contributed by atoms with Gasteiger partial charge in [-0.3, -0.25) is 0 Å². The average molecular weight is 1060 g/mol. The van der Waals surface area contributed by atoms with Gasteiger partial charge >= 0.3 is 0 Å². The first-order valence-electron chi connectivity index (χ1n) is 25.5. The Morgan fingerprint density at radius 1 is 0.507 bits per heavy atom. The van der Waals surface area contributed by atoms with Crippen LogP contribution in [0.1, 0.15) is 100 Å². The van der Waals surface area contributed by atoms with Gasteiger partial charge in [0.1, 0.15) is 31.4 Å². The molecule has 0 atom stereocenters. The number of methoxy groups -OCH3 is 4. The smallest absolute Gasteiger partial charge is 0.272 e. The minimum atomic E-state index is -3.67. The lowest BCUT2D eigenvalue weighted by atomic mass is 9.85. The summed E-state index contributed by atoms with van der Waals surface area (Å²) in [4.78, 5) is 5.39. The van der Waals surface area contributed by atoms with E-state index in [1.165, 1.54) is 52.2 Å². The number of ether oxygens (including phenoxy) is 6. The van der Waals surface area contributed by atoms with Crippen LogP contribution in [0.4, 0.5) is 13.2 Å². The Hall–Kier alpha value is -4.79. The number of nitrogens with one attached hydrogen (secondary N) is 2. The van der Waals surface area contributed by atoms with Gasteiger partial charge < -0.3 is 38.2 Å². The van der Waals surface area contributed by atoms with Crippen LogP contribution in [-0.4, -0.2) is 132 Å². The SMILES string of the molecule is COc1ccc(S(=O)(=O)NC2CCC(N3CCC(c4ccccc4OCC(F)F)CC3)CC2)cc1OC.COc1ccc(S(=O)(=O)NC2CCC(N3CCC(c4ccccc4OCCF)CC3)CC2)cc1OC. The fraction of sp³-hybridized carbons (Fsp3) is 0.556. The van der Waals surface area contributed by atoms with E-state index in [9.17, 15) is 30.0 Å². The lowest BCUT2D eigenvalue weighted by Crippen LogP contribution is -2.46. The second-order valence-corrected chi connectivity index (χ2v) is 22.7. The third-order valence-corrected chi connectivity index (χ3v) is 17.9. The van der Waals surface area contributed by atoms with E-state index < -0.39 is 39.8 Å². The number of nitrogens with zero attached hydrogens (tertiary/aromatic N) is 2. The van der Waals surface area contributed by atoms with Crippen molar-refractivity contribution in [2.24, 2.45) is 0 Å². The average Bonchev–Trinajstić information content (AvgIpc) is 3.42. The molecule has 4 fully saturated rings. The van der Waals surface area contributed by atoms with Crippen LogP contribution in [0.2, 0.25) is 0 Å². The molecule has 402 valence electrons. The van der Waals surface area contributed by atoms with E-state index in [4.69, 9.17) is 28.4 Å². The molecule has 0 aromatic heterocycles. The lowest BCUT2D eigenvalue weighted by molar-refractivity contribution is 0.0802. The number of sulfonamides is 2. The Kier molecular flexibility index (Phi) is 20.4. The minimum absolute atomic E-state index is 0.0728. The van der Waals surface area contributed by atoms with Gasteiger partial charge in [-0.2, -0.15) is 0 Å². The fourth-order valence-electron chi connectivity index (χ4n) is 11.0. The highest BCUT2D eigenvalue weighted by Gasteiger charge is 2.34. The molecule has 73 heavy (non-hydrogen) atoms. The third-order valence-electron chi connectivity index (χ3n) is 14.9. The predicted octanol–water partition coefficient (Wildman–Crippen LogP) is 9.34. The highest BCUT2D eigenvalue weighted by atomic mass is 32.2. The zero-order valence-corrected chi connectivity index (χ0v) is 44.1. The summed E-state index contributed by atoms with van der Waals surface area (Å²) in [6.45, 7) is 2.90. The van der Waals surface area contributed by atoms with Gasteiger partial charge in [0.15, 0.2) is 23.0 Å². The predicted molar refractivity (Wildman–Crippen MR) is 275 cm³/mol. The molecule has 8 rings (SSSR count). The maximum absolute atomic E-state index is 13.0. The third kappa shape index (κ3) is 15.0. The first kappa shape index (κ1) is 55.9. The first-order chi connectivity index (χ1) is 35.2. The van der Waals surface area contributed by atoms with Crippen LogP contribution in [0, 0.1) is 0 Å². The van der Waals surface area contributed by atoms with Crippen LogP contribution in [-0.2, 0) is 20.0 Å². The molecule has 2 saturated heterocycles. The Morgan fingerprint density at radius 2 is 0.890 bits per heavy atom. The lowest BCUT2D eigenvalue weighted by Gasteiger charge is -2.41. The second-order valence-electron chi connectivity index (χ2n) is 19.2. The van der Waals surface area contributed by atoms with E-state index in [2.05, 4.69) is 25.3 Å². The molecule has 0 amide bonds. The summed E-state index contributed by atoms with van der Waals surface area (Å²) in [6.07, 6.45) is 8.48.